The standard InChI is InChI=1S/C23H23F3N4O2/c1-15(2)32-20(14-29-18-10-6-7-16(13-18)23(24,25)26)22(31)21(28)19(11-12-27)30-17-8-4-3-5-9-17/h3-15,28-29H,27H2,1-2H3. The van der Waals surface area contributed by atoms with Crippen molar-refractivity contribution in [2.45, 2.75) is 26.1 Å². The summed E-state index contributed by atoms with van der Waals surface area (Å²) in [6.07, 6.45) is -1.36. The van der Waals surface area contributed by atoms with Crippen molar-refractivity contribution in [3.05, 3.63) is 84.4 Å². The molecule has 0 spiro atoms. The molecule has 168 valence electrons. The first-order chi connectivity index (χ1) is 15.1. The zero-order valence-electron chi connectivity index (χ0n) is 17.5. The van der Waals surface area contributed by atoms with Crippen LogP contribution in [0.5, 0.6) is 0 Å². The van der Waals surface area contributed by atoms with Gasteiger partial charge in [0.1, 0.15) is 5.71 Å². The second-order valence-corrected chi connectivity index (χ2v) is 6.79. The number of ether oxygens (including phenoxy) is 1. The third kappa shape index (κ3) is 7.12. The molecule has 0 aliphatic heterocycles. The Morgan fingerprint density at radius 1 is 1.16 bits per heavy atom. The van der Waals surface area contributed by atoms with E-state index in [0.29, 0.717) is 5.69 Å². The van der Waals surface area contributed by atoms with Gasteiger partial charge in [0.05, 0.1) is 23.1 Å². The maximum Gasteiger partial charge on any atom is 0.416 e. The Labute approximate surface area is 183 Å². The molecule has 0 fully saturated rings. The van der Waals surface area contributed by atoms with Crippen LogP contribution in [0.15, 0.2) is 83.8 Å². The van der Waals surface area contributed by atoms with Gasteiger partial charge in [0.25, 0.3) is 0 Å². The summed E-state index contributed by atoms with van der Waals surface area (Å²) < 4.78 is 44.3. The molecule has 0 unspecified atom stereocenters. The summed E-state index contributed by atoms with van der Waals surface area (Å²) in [6.45, 7) is 3.35. The van der Waals surface area contributed by atoms with Gasteiger partial charge in [0.15, 0.2) is 5.76 Å². The smallest absolute Gasteiger partial charge is 0.416 e. The zero-order chi connectivity index (χ0) is 23.7. The number of benzene rings is 2. The fourth-order valence-corrected chi connectivity index (χ4v) is 2.49. The lowest BCUT2D eigenvalue weighted by Crippen LogP contribution is -2.26. The highest BCUT2D eigenvalue weighted by molar-refractivity contribution is 6.71. The van der Waals surface area contributed by atoms with Gasteiger partial charge in [-0.05, 0) is 56.5 Å². The van der Waals surface area contributed by atoms with Crippen molar-refractivity contribution < 1.29 is 22.7 Å². The second-order valence-electron chi connectivity index (χ2n) is 6.79. The van der Waals surface area contributed by atoms with E-state index in [4.69, 9.17) is 15.9 Å². The number of rotatable bonds is 9. The molecule has 0 atom stereocenters. The Balaban J connectivity index is 2.34. The number of hydrogen-bond donors (Lipinski definition) is 3. The SMILES string of the molecule is CC(C)OC(=CNc1cccc(C(F)(F)F)c1)C(=O)C(=N)C(C=CN)=Nc1ccccc1. The molecule has 4 N–H and O–H groups in total. The zero-order valence-corrected chi connectivity index (χ0v) is 17.5. The molecular formula is C23H23F3N4O2. The summed E-state index contributed by atoms with van der Waals surface area (Å²) in [5, 5.41) is 10.9. The van der Waals surface area contributed by atoms with Crippen LogP contribution in [0.3, 0.4) is 0 Å². The number of carbonyl (C=O) groups is 1. The first-order valence-corrected chi connectivity index (χ1v) is 9.58. The number of alkyl halides is 3. The molecule has 32 heavy (non-hydrogen) atoms. The van der Waals surface area contributed by atoms with E-state index in [1.807, 2.05) is 0 Å². The maximum atomic E-state index is 12.9. The van der Waals surface area contributed by atoms with Crippen LogP contribution in [0, 0.1) is 5.41 Å². The molecule has 9 heteroatoms. The van der Waals surface area contributed by atoms with E-state index in [2.05, 4.69) is 10.3 Å². The number of halogens is 3. The van der Waals surface area contributed by atoms with Crippen LogP contribution in [0.1, 0.15) is 19.4 Å². The molecule has 0 aromatic heterocycles. The minimum Gasteiger partial charge on any atom is -0.485 e. The summed E-state index contributed by atoms with van der Waals surface area (Å²) in [5.74, 6) is -1.07. The molecule has 2 rings (SSSR count). The van der Waals surface area contributed by atoms with E-state index in [-0.39, 0.29) is 17.2 Å². The minimum absolute atomic E-state index is 0.000949. The first kappa shape index (κ1) is 24.4. The van der Waals surface area contributed by atoms with Gasteiger partial charge in [-0.25, -0.2) is 4.99 Å². The largest absolute Gasteiger partial charge is 0.485 e. The van der Waals surface area contributed by atoms with Gasteiger partial charge in [-0.3, -0.25) is 10.2 Å². The van der Waals surface area contributed by atoms with Crippen LogP contribution < -0.4 is 11.1 Å². The van der Waals surface area contributed by atoms with E-state index in [0.717, 1.165) is 24.5 Å². The quantitative estimate of drug-likeness (QED) is 0.280. The molecule has 0 heterocycles. The van der Waals surface area contributed by atoms with Crippen LogP contribution in [0.25, 0.3) is 0 Å². The van der Waals surface area contributed by atoms with Gasteiger partial charge in [0, 0.05) is 11.9 Å². The predicted octanol–water partition coefficient (Wildman–Crippen LogP) is 5.22. The number of allylic oxidation sites excluding steroid dienone is 2. The summed E-state index contributed by atoms with van der Waals surface area (Å²) >= 11 is 0. The average molecular weight is 444 g/mol. The van der Waals surface area contributed by atoms with E-state index in [1.165, 1.54) is 18.2 Å². The van der Waals surface area contributed by atoms with E-state index in [9.17, 15) is 18.0 Å². The molecule has 0 saturated carbocycles. The molecular weight excluding hydrogens is 421 g/mol. The molecule has 2 aromatic rings. The fraction of sp³-hybridized carbons (Fsp3) is 0.174. The van der Waals surface area contributed by atoms with Gasteiger partial charge in [-0.15, -0.1) is 0 Å². The summed E-state index contributed by atoms with van der Waals surface area (Å²) in [6, 6.07) is 13.2. The lowest BCUT2D eigenvalue weighted by atomic mass is 10.1. The number of nitrogens with two attached hydrogens (primary N) is 1. The van der Waals surface area contributed by atoms with Crippen LogP contribution in [0.2, 0.25) is 0 Å². The van der Waals surface area contributed by atoms with Crippen molar-refractivity contribution in [2.75, 3.05) is 5.32 Å². The minimum atomic E-state index is -4.51. The Kier molecular flexibility index (Phi) is 8.34. The highest BCUT2D eigenvalue weighted by atomic mass is 19.4. The highest BCUT2D eigenvalue weighted by Crippen LogP contribution is 2.30. The summed E-state index contributed by atoms with van der Waals surface area (Å²) in [5.41, 5.74) is 4.72. The van der Waals surface area contributed by atoms with Crippen molar-refractivity contribution >= 4 is 28.6 Å². The molecule has 0 aliphatic rings. The van der Waals surface area contributed by atoms with Gasteiger partial charge in [-0.2, -0.15) is 13.2 Å². The number of hydrogen-bond acceptors (Lipinski definition) is 6. The molecule has 0 aliphatic carbocycles. The molecule has 2 aromatic carbocycles. The number of ketones is 1. The van der Waals surface area contributed by atoms with Crippen molar-refractivity contribution in [1.29, 1.82) is 5.41 Å². The average Bonchev–Trinajstić information content (AvgIpc) is 2.75. The van der Waals surface area contributed by atoms with Gasteiger partial charge < -0.3 is 15.8 Å². The van der Waals surface area contributed by atoms with Gasteiger partial charge in [0.2, 0.25) is 5.78 Å². The van der Waals surface area contributed by atoms with Crippen LogP contribution in [-0.4, -0.2) is 23.3 Å². The molecule has 0 bridgehead atoms. The van der Waals surface area contributed by atoms with Crippen LogP contribution >= 0.6 is 0 Å². The van der Waals surface area contributed by atoms with E-state index in [1.54, 1.807) is 44.2 Å². The number of anilines is 1. The number of nitrogens with one attached hydrogen (secondary N) is 2. The van der Waals surface area contributed by atoms with Crippen LogP contribution in [-0.2, 0) is 15.7 Å². The van der Waals surface area contributed by atoms with Crippen molar-refractivity contribution in [2.24, 2.45) is 10.7 Å². The van der Waals surface area contributed by atoms with Crippen molar-refractivity contribution in [3.8, 4) is 0 Å². The normalized spacial score (nSPS) is 12.8. The van der Waals surface area contributed by atoms with Crippen molar-refractivity contribution in [1.82, 2.24) is 0 Å². The summed E-state index contributed by atoms with van der Waals surface area (Å²) in [7, 11) is 0. The van der Waals surface area contributed by atoms with E-state index < -0.39 is 29.3 Å². The number of para-hydroxylation sites is 1. The number of aliphatic imine (C=N–C) groups is 1. The number of carbonyl (C=O) groups excluding carboxylic acids is 1. The third-order valence-corrected chi connectivity index (χ3v) is 3.89. The number of nitrogens with zero attached hydrogens (tertiary/aromatic N) is 1. The maximum absolute atomic E-state index is 12.9. The second kappa shape index (κ2) is 10.9. The Bertz CT molecular complexity index is 1040. The third-order valence-electron chi connectivity index (χ3n) is 3.89. The summed E-state index contributed by atoms with van der Waals surface area (Å²) in [4.78, 5) is 17.2. The van der Waals surface area contributed by atoms with E-state index >= 15 is 0 Å². The molecule has 0 amide bonds. The Morgan fingerprint density at radius 2 is 1.84 bits per heavy atom. The molecule has 6 nitrogen and oxygen atoms in total. The predicted molar refractivity (Wildman–Crippen MR) is 119 cm³/mol. The topological polar surface area (TPSA) is 101 Å². The monoisotopic (exact) mass is 444 g/mol. The molecule has 0 saturated heterocycles. The van der Waals surface area contributed by atoms with Crippen LogP contribution in [0.4, 0.5) is 24.5 Å². The highest BCUT2D eigenvalue weighted by Gasteiger charge is 2.30. The Hall–Kier alpha value is -3.88. The lowest BCUT2D eigenvalue weighted by molar-refractivity contribution is -0.137. The Morgan fingerprint density at radius 3 is 2.44 bits per heavy atom. The van der Waals surface area contributed by atoms with Crippen molar-refractivity contribution in [3.63, 3.8) is 0 Å². The van der Waals surface area contributed by atoms with Gasteiger partial charge >= 0.3 is 6.18 Å². The van der Waals surface area contributed by atoms with Gasteiger partial charge in [-0.1, -0.05) is 24.3 Å². The first-order valence-electron chi connectivity index (χ1n) is 9.58. The fourth-order valence-electron chi connectivity index (χ4n) is 2.49. The molecule has 0 radical (unpaired) electrons. The number of Topliss-reactive ketones (excluding diaryl/α,β-unsaturated/α-hetero) is 1. The lowest BCUT2D eigenvalue weighted by Gasteiger charge is -2.14.